The summed E-state index contributed by atoms with van der Waals surface area (Å²) in [5, 5.41) is 4.63. The van der Waals surface area contributed by atoms with Crippen LogP contribution in [0.4, 0.5) is 26.3 Å². The second kappa shape index (κ2) is 14.4. The SMILES string of the molecule is C=CC(CC(F)(F)F)Nn1cc(C(=O)NCc2c(F)cc(F)cc2F)c(=O)c(OCc2ccccc2)c1C(=O)N[C@@H](C)C=C. The van der Waals surface area contributed by atoms with Gasteiger partial charge in [-0.1, -0.05) is 42.5 Å². The molecule has 0 aliphatic carbocycles. The summed E-state index contributed by atoms with van der Waals surface area (Å²) in [4.78, 5) is 40.1. The molecule has 8 nitrogen and oxygen atoms in total. The van der Waals surface area contributed by atoms with Crippen molar-refractivity contribution in [2.75, 3.05) is 5.43 Å². The Labute approximate surface area is 248 Å². The van der Waals surface area contributed by atoms with Crippen molar-refractivity contribution in [1.29, 1.82) is 0 Å². The van der Waals surface area contributed by atoms with Gasteiger partial charge in [-0.05, 0) is 12.5 Å². The highest BCUT2D eigenvalue weighted by Gasteiger charge is 2.33. The maximum Gasteiger partial charge on any atom is 0.391 e. The Hall–Kier alpha value is -5.01. The number of carbonyl (C=O) groups excluding carboxylic acids is 2. The molecule has 0 aliphatic rings. The van der Waals surface area contributed by atoms with E-state index >= 15 is 0 Å². The van der Waals surface area contributed by atoms with E-state index in [9.17, 15) is 40.7 Å². The molecule has 0 saturated carbocycles. The standard InChI is InChI=1S/C30H28F6N4O4/c1-4-17(3)38-29(43)25-27(44-16-18-9-7-6-8-10-18)26(41)22(15-40(25)39-20(5-2)13-30(34,35)36)28(42)37-14-21-23(32)11-19(31)12-24(21)33/h4-12,15,17,20,39H,1-2,13-14,16H2,3H3,(H,37,42)(H,38,43)/t17-,20?/m0/s1. The summed E-state index contributed by atoms with van der Waals surface area (Å²) >= 11 is 0. The molecule has 1 aromatic heterocycles. The molecule has 2 atom stereocenters. The van der Waals surface area contributed by atoms with E-state index in [2.05, 4.69) is 29.2 Å². The van der Waals surface area contributed by atoms with Gasteiger partial charge in [-0.2, -0.15) is 13.2 Å². The Morgan fingerprint density at radius 2 is 1.66 bits per heavy atom. The molecule has 1 unspecified atom stereocenters. The van der Waals surface area contributed by atoms with Gasteiger partial charge in [-0.15, -0.1) is 13.2 Å². The molecule has 44 heavy (non-hydrogen) atoms. The molecule has 14 heteroatoms. The number of ether oxygens (including phenoxy) is 1. The molecule has 0 radical (unpaired) electrons. The van der Waals surface area contributed by atoms with Crippen molar-refractivity contribution in [3.05, 3.63) is 124 Å². The lowest BCUT2D eigenvalue weighted by atomic mass is 10.1. The number of pyridine rings is 1. The predicted octanol–water partition coefficient (Wildman–Crippen LogP) is 5.13. The fraction of sp³-hybridized carbons (Fsp3) is 0.233. The van der Waals surface area contributed by atoms with Crippen LogP contribution in [0.5, 0.6) is 5.75 Å². The molecule has 0 bridgehead atoms. The van der Waals surface area contributed by atoms with Gasteiger partial charge >= 0.3 is 6.18 Å². The van der Waals surface area contributed by atoms with E-state index < -0.39 is 88.5 Å². The highest BCUT2D eigenvalue weighted by molar-refractivity contribution is 5.99. The minimum atomic E-state index is -4.68. The molecule has 0 spiro atoms. The molecule has 2 amide bonds. The summed E-state index contributed by atoms with van der Waals surface area (Å²) in [5.74, 6) is -6.72. The summed E-state index contributed by atoms with van der Waals surface area (Å²) in [6.45, 7) is 7.35. The monoisotopic (exact) mass is 622 g/mol. The van der Waals surface area contributed by atoms with Gasteiger partial charge in [-0.3, -0.25) is 19.1 Å². The number of hydrogen-bond acceptors (Lipinski definition) is 5. The van der Waals surface area contributed by atoms with Crippen LogP contribution in [0.25, 0.3) is 0 Å². The molecule has 1 heterocycles. The fourth-order valence-corrected chi connectivity index (χ4v) is 3.88. The topological polar surface area (TPSA) is 101 Å². The van der Waals surface area contributed by atoms with Gasteiger partial charge in [0.1, 0.15) is 29.6 Å². The van der Waals surface area contributed by atoms with Crippen LogP contribution in [0, 0.1) is 17.5 Å². The van der Waals surface area contributed by atoms with Crippen molar-refractivity contribution in [3.63, 3.8) is 0 Å². The first-order valence-corrected chi connectivity index (χ1v) is 13.0. The number of carbonyl (C=O) groups is 2. The number of halogens is 6. The molecule has 0 fully saturated rings. The van der Waals surface area contributed by atoms with Crippen LogP contribution in [0.2, 0.25) is 0 Å². The van der Waals surface area contributed by atoms with Crippen molar-refractivity contribution in [3.8, 4) is 5.75 Å². The van der Waals surface area contributed by atoms with Crippen LogP contribution in [0.1, 0.15) is 45.3 Å². The summed E-state index contributed by atoms with van der Waals surface area (Å²) < 4.78 is 87.8. The molecule has 3 aromatic rings. The van der Waals surface area contributed by atoms with E-state index in [0.29, 0.717) is 17.7 Å². The molecule has 3 rings (SSSR count). The number of rotatable bonds is 13. The Bertz CT molecular complexity index is 1570. The van der Waals surface area contributed by atoms with Gasteiger partial charge in [0.25, 0.3) is 11.8 Å². The number of nitrogens with one attached hydrogen (secondary N) is 3. The molecule has 0 aliphatic heterocycles. The number of benzene rings is 2. The maximum atomic E-state index is 14.1. The first kappa shape index (κ1) is 33.5. The van der Waals surface area contributed by atoms with E-state index in [1.807, 2.05) is 0 Å². The number of amides is 2. The van der Waals surface area contributed by atoms with E-state index in [-0.39, 0.29) is 6.61 Å². The molecule has 3 N–H and O–H groups in total. The lowest BCUT2D eigenvalue weighted by molar-refractivity contribution is -0.135. The molecular formula is C30H28F6N4O4. The number of alkyl halides is 3. The van der Waals surface area contributed by atoms with Crippen molar-refractivity contribution in [2.24, 2.45) is 0 Å². The van der Waals surface area contributed by atoms with Crippen LogP contribution in [0.15, 0.2) is 78.8 Å². The molecule has 0 saturated heterocycles. The van der Waals surface area contributed by atoms with Crippen LogP contribution in [0.3, 0.4) is 0 Å². The maximum absolute atomic E-state index is 14.1. The Morgan fingerprint density at radius 3 is 2.23 bits per heavy atom. The highest BCUT2D eigenvalue weighted by Crippen LogP contribution is 2.24. The first-order chi connectivity index (χ1) is 20.7. The van der Waals surface area contributed by atoms with Crippen LogP contribution >= 0.6 is 0 Å². The lowest BCUT2D eigenvalue weighted by Gasteiger charge is -2.25. The Balaban J connectivity index is 2.15. The lowest BCUT2D eigenvalue weighted by Crippen LogP contribution is -2.41. The minimum absolute atomic E-state index is 0.294. The molecule has 234 valence electrons. The minimum Gasteiger partial charge on any atom is -0.482 e. The Kier molecular flexibility index (Phi) is 11.0. The third kappa shape index (κ3) is 8.75. The Morgan fingerprint density at radius 1 is 1.02 bits per heavy atom. The van der Waals surface area contributed by atoms with Crippen molar-refractivity contribution < 1.29 is 40.7 Å². The van der Waals surface area contributed by atoms with E-state index in [4.69, 9.17) is 4.74 Å². The predicted molar refractivity (Wildman–Crippen MR) is 150 cm³/mol. The summed E-state index contributed by atoms with van der Waals surface area (Å²) in [6.07, 6.45) is -3.11. The third-order valence-corrected chi connectivity index (χ3v) is 6.14. The number of hydrogen-bond donors (Lipinski definition) is 3. The zero-order chi connectivity index (χ0) is 32.6. The van der Waals surface area contributed by atoms with E-state index in [0.717, 1.165) is 16.9 Å². The summed E-state index contributed by atoms with van der Waals surface area (Å²) in [7, 11) is 0. The summed E-state index contributed by atoms with van der Waals surface area (Å²) in [5.41, 5.74) is -0.258. The average molecular weight is 623 g/mol. The zero-order valence-electron chi connectivity index (χ0n) is 23.3. The normalized spacial score (nSPS) is 12.5. The van der Waals surface area contributed by atoms with E-state index in [1.165, 1.54) is 13.0 Å². The summed E-state index contributed by atoms with van der Waals surface area (Å²) in [6, 6.07) is 6.89. The number of aromatic nitrogens is 1. The van der Waals surface area contributed by atoms with Crippen LogP contribution in [-0.4, -0.2) is 34.8 Å². The quantitative estimate of drug-likeness (QED) is 0.181. The van der Waals surface area contributed by atoms with Gasteiger partial charge in [0.2, 0.25) is 5.43 Å². The van der Waals surface area contributed by atoms with E-state index in [1.54, 1.807) is 30.3 Å². The first-order valence-electron chi connectivity index (χ1n) is 13.0. The molecule has 2 aromatic carbocycles. The van der Waals surface area contributed by atoms with Crippen LogP contribution in [-0.2, 0) is 13.2 Å². The van der Waals surface area contributed by atoms with Gasteiger partial charge in [0.05, 0.1) is 12.5 Å². The highest BCUT2D eigenvalue weighted by atomic mass is 19.4. The second-order valence-corrected chi connectivity index (χ2v) is 9.51. The fourth-order valence-electron chi connectivity index (χ4n) is 3.88. The second-order valence-electron chi connectivity index (χ2n) is 9.51. The van der Waals surface area contributed by atoms with Gasteiger partial charge in [0.15, 0.2) is 11.4 Å². The average Bonchev–Trinajstić information content (AvgIpc) is 2.95. The van der Waals surface area contributed by atoms with Gasteiger partial charge in [0, 0.05) is 36.5 Å². The van der Waals surface area contributed by atoms with Crippen LogP contribution < -0.4 is 26.2 Å². The van der Waals surface area contributed by atoms with Crippen molar-refractivity contribution in [2.45, 2.75) is 44.8 Å². The third-order valence-electron chi connectivity index (χ3n) is 6.14. The number of nitrogens with zero attached hydrogens (tertiary/aromatic N) is 1. The molecular weight excluding hydrogens is 594 g/mol. The zero-order valence-corrected chi connectivity index (χ0v) is 23.3. The van der Waals surface area contributed by atoms with Crippen molar-refractivity contribution >= 4 is 11.8 Å². The smallest absolute Gasteiger partial charge is 0.391 e. The van der Waals surface area contributed by atoms with Gasteiger partial charge in [-0.25, -0.2) is 13.2 Å². The largest absolute Gasteiger partial charge is 0.482 e. The van der Waals surface area contributed by atoms with Crippen molar-refractivity contribution in [1.82, 2.24) is 15.3 Å². The van der Waals surface area contributed by atoms with Gasteiger partial charge < -0.3 is 20.8 Å².